The van der Waals surface area contributed by atoms with Gasteiger partial charge in [-0.15, -0.1) is 0 Å². The van der Waals surface area contributed by atoms with Crippen LogP contribution in [0.4, 0.5) is 11.4 Å². The molecule has 0 unspecified atom stereocenters. The number of nitrogens with zero attached hydrogens (tertiary/aromatic N) is 1. The van der Waals surface area contributed by atoms with Crippen LogP contribution in [0.1, 0.15) is 5.56 Å². The van der Waals surface area contributed by atoms with Gasteiger partial charge in [0.05, 0.1) is 0 Å². The molecule has 0 radical (unpaired) electrons. The van der Waals surface area contributed by atoms with Crippen molar-refractivity contribution in [2.24, 2.45) is 0 Å². The second kappa shape index (κ2) is 7.81. The summed E-state index contributed by atoms with van der Waals surface area (Å²) in [6.07, 6.45) is 7.29. The maximum absolute atomic E-state index is 3.98. The summed E-state index contributed by atoms with van der Waals surface area (Å²) < 4.78 is 0. The normalized spacial score (nSPS) is 10.7. The Kier molecular flexibility index (Phi) is 5.54. The molecule has 0 atom stereocenters. The van der Waals surface area contributed by atoms with Gasteiger partial charge in [0, 0.05) is 17.1 Å². The average Bonchev–Trinajstić information content (AvgIpc) is 2.62. The Morgan fingerprint density at radius 1 is 0.783 bits per heavy atom. The van der Waals surface area contributed by atoms with E-state index >= 15 is 0 Å². The molecule has 0 saturated heterocycles. The lowest BCUT2D eigenvalue weighted by atomic mass is 10.1. The van der Waals surface area contributed by atoms with Crippen molar-refractivity contribution < 1.29 is 0 Å². The van der Waals surface area contributed by atoms with Gasteiger partial charge in [-0.2, -0.15) is 0 Å². The molecule has 1 nitrogen and oxygen atoms in total. The van der Waals surface area contributed by atoms with Gasteiger partial charge < -0.3 is 4.90 Å². The predicted octanol–water partition coefficient (Wildman–Crippen LogP) is 6.28. The molecule has 0 aliphatic rings. The van der Waals surface area contributed by atoms with Crippen molar-refractivity contribution in [3.63, 3.8) is 0 Å². The Balaban J connectivity index is 2.51. The van der Waals surface area contributed by atoms with Crippen molar-refractivity contribution in [1.29, 1.82) is 0 Å². The Hall–Kier alpha value is -3.06. The topological polar surface area (TPSA) is 3.24 Å². The zero-order valence-electron chi connectivity index (χ0n) is 13.3. The highest BCUT2D eigenvalue weighted by molar-refractivity contribution is 5.75. The summed E-state index contributed by atoms with van der Waals surface area (Å²) >= 11 is 0. The maximum Gasteiger partial charge on any atom is 0.0462 e. The molecule has 2 aromatic rings. The number of hydrogen-bond acceptors (Lipinski definition) is 1. The first-order valence-electron chi connectivity index (χ1n) is 7.43. The quantitative estimate of drug-likeness (QED) is 0.544. The highest BCUT2D eigenvalue weighted by Crippen LogP contribution is 2.31. The summed E-state index contributed by atoms with van der Waals surface area (Å²) in [6.45, 7) is 15.5. The second-order valence-corrected chi connectivity index (χ2v) is 4.98. The minimum absolute atomic E-state index is 0.911. The van der Waals surface area contributed by atoms with E-state index in [2.05, 4.69) is 55.5 Å². The van der Waals surface area contributed by atoms with E-state index in [1.54, 1.807) is 12.2 Å². The van der Waals surface area contributed by atoms with E-state index < -0.39 is 0 Å². The number of para-hydroxylation sites is 1. The molecule has 0 amide bonds. The third kappa shape index (κ3) is 3.78. The van der Waals surface area contributed by atoms with Crippen molar-refractivity contribution in [3.05, 3.63) is 116 Å². The van der Waals surface area contributed by atoms with E-state index in [1.807, 2.05) is 42.5 Å². The van der Waals surface area contributed by atoms with Crippen LogP contribution in [0.5, 0.6) is 0 Å². The Bertz CT molecular complexity index is 733. The van der Waals surface area contributed by atoms with Crippen molar-refractivity contribution in [2.75, 3.05) is 4.90 Å². The molecular formula is C22H21N. The van der Waals surface area contributed by atoms with Crippen molar-refractivity contribution in [2.45, 2.75) is 0 Å². The predicted molar refractivity (Wildman–Crippen MR) is 103 cm³/mol. The molecule has 0 bridgehead atoms. The van der Waals surface area contributed by atoms with Crippen molar-refractivity contribution in [3.8, 4) is 0 Å². The fourth-order valence-electron chi connectivity index (χ4n) is 2.32. The molecule has 2 rings (SSSR count). The number of anilines is 2. The smallest absolute Gasteiger partial charge is 0.0462 e. The number of hydrogen-bond donors (Lipinski definition) is 0. The molecule has 0 heterocycles. The minimum Gasteiger partial charge on any atom is -0.311 e. The van der Waals surface area contributed by atoms with Gasteiger partial charge in [0.15, 0.2) is 0 Å². The van der Waals surface area contributed by atoms with Gasteiger partial charge in [-0.25, -0.2) is 0 Å². The Morgan fingerprint density at radius 3 is 1.91 bits per heavy atom. The van der Waals surface area contributed by atoms with Crippen LogP contribution in [-0.4, -0.2) is 0 Å². The van der Waals surface area contributed by atoms with Gasteiger partial charge in [-0.1, -0.05) is 68.8 Å². The summed E-state index contributed by atoms with van der Waals surface area (Å²) in [5.74, 6) is 0. The molecule has 23 heavy (non-hydrogen) atoms. The lowest BCUT2D eigenvalue weighted by Crippen LogP contribution is -2.14. The van der Waals surface area contributed by atoms with Gasteiger partial charge in [0.25, 0.3) is 0 Å². The van der Waals surface area contributed by atoms with Crippen molar-refractivity contribution in [1.82, 2.24) is 0 Å². The lowest BCUT2D eigenvalue weighted by molar-refractivity contribution is 1.21. The van der Waals surface area contributed by atoms with E-state index in [0.717, 1.165) is 28.2 Å². The molecule has 0 saturated carbocycles. The zero-order valence-corrected chi connectivity index (χ0v) is 13.3. The van der Waals surface area contributed by atoms with Gasteiger partial charge in [-0.3, -0.25) is 0 Å². The Labute approximate surface area is 138 Å². The highest BCUT2D eigenvalue weighted by Gasteiger charge is 2.12. The lowest BCUT2D eigenvalue weighted by Gasteiger charge is -2.26. The van der Waals surface area contributed by atoms with Gasteiger partial charge in [0.2, 0.25) is 0 Å². The molecule has 1 heteroatoms. The summed E-state index contributed by atoms with van der Waals surface area (Å²) in [6, 6.07) is 18.4. The number of allylic oxidation sites excluding steroid dienone is 5. The van der Waals surface area contributed by atoms with E-state index in [0.29, 0.717) is 0 Å². The van der Waals surface area contributed by atoms with Crippen LogP contribution in [0.15, 0.2) is 111 Å². The summed E-state index contributed by atoms with van der Waals surface area (Å²) in [4.78, 5) is 2.13. The van der Waals surface area contributed by atoms with Crippen LogP contribution >= 0.6 is 0 Å². The van der Waals surface area contributed by atoms with Crippen LogP contribution < -0.4 is 4.90 Å². The molecule has 0 aromatic heterocycles. The molecule has 2 aromatic carbocycles. The van der Waals surface area contributed by atoms with E-state index in [1.165, 1.54) is 0 Å². The second-order valence-electron chi connectivity index (χ2n) is 4.98. The molecule has 0 aliphatic heterocycles. The largest absolute Gasteiger partial charge is 0.311 e. The molecular weight excluding hydrogens is 278 g/mol. The minimum atomic E-state index is 0.911. The van der Waals surface area contributed by atoms with Crippen LogP contribution in [0, 0.1) is 0 Å². The molecule has 0 spiro atoms. The van der Waals surface area contributed by atoms with E-state index in [-0.39, 0.29) is 0 Å². The fraction of sp³-hybridized carbons (Fsp3) is 0. The first-order chi connectivity index (χ1) is 11.2. The standard InChI is InChI=1S/C22H21N/c1-5-11-20(7-3)23(21-12-9-8-10-13-21)22-16-14-19(15-17-22)18(4)6-2/h5-17H,1-4H2/b20-11+. The summed E-state index contributed by atoms with van der Waals surface area (Å²) in [5.41, 5.74) is 5.04. The molecule has 0 aliphatic carbocycles. The van der Waals surface area contributed by atoms with Gasteiger partial charge in [-0.05, 0) is 47.6 Å². The first-order valence-corrected chi connectivity index (χ1v) is 7.43. The van der Waals surface area contributed by atoms with Crippen molar-refractivity contribution >= 4 is 16.9 Å². The monoisotopic (exact) mass is 299 g/mol. The number of benzene rings is 2. The maximum atomic E-state index is 3.98. The van der Waals surface area contributed by atoms with Gasteiger partial charge in [0.1, 0.15) is 0 Å². The molecule has 0 N–H and O–H groups in total. The van der Waals surface area contributed by atoms with Crippen LogP contribution in [0.25, 0.3) is 5.57 Å². The third-order valence-electron chi connectivity index (χ3n) is 3.51. The fourth-order valence-corrected chi connectivity index (χ4v) is 2.32. The highest BCUT2D eigenvalue weighted by atomic mass is 15.1. The molecule has 114 valence electrons. The summed E-state index contributed by atoms with van der Waals surface area (Å²) in [7, 11) is 0. The van der Waals surface area contributed by atoms with E-state index in [9.17, 15) is 0 Å². The average molecular weight is 299 g/mol. The number of rotatable bonds is 7. The first kappa shape index (κ1) is 16.3. The zero-order chi connectivity index (χ0) is 16.7. The van der Waals surface area contributed by atoms with E-state index in [4.69, 9.17) is 0 Å². The third-order valence-corrected chi connectivity index (χ3v) is 3.51. The van der Waals surface area contributed by atoms with Crippen LogP contribution in [0.2, 0.25) is 0 Å². The van der Waals surface area contributed by atoms with Crippen LogP contribution in [0.3, 0.4) is 0 Å². The molecule has 0 fully saturated rings. The Morgan fingerprint density at radius 2 is 1.39 bits per heavy atom. The van der Waals surface area contributed by atoms with Gasteiger partial charge >= 0.3 is 0 Å². The summed E-state index contributed by atoms with van der Waals surface area (Å²) in [5, 5.41) is 0. The SMILES string of the molecule is C=C/C=C(\C=C)N(c1ccccc1)c1ccc(C(=C)C=C)cc1. The van der Waals surface area contributed by atoms with Crippen LogP contribution in [-0.2, 0) is 0 Å².